The second-order valence-electron chi connectivity index (χ2n) is 10.2. The summed E-state index contributed by atoms with van der Waals surface area (Å²) in [4.78, 5) is 2.80. The molecule has 164 valence electrons. The van der Waals surface area contributed by atoms with Crippen LogP contribution in [-0.2, 0) is 10.0 Å². The maximum Gasteiger partial charge on any atom is 0.276 e. The average Bonchev–Trinajstić information content (AvgIpc) is 3.15. The highest BCUT2D eigenvalue weighted by Crippen LogP contribution is 2.57. The van der Waals surface area contributed by atoms with Crippen molar-refractivity contribution in [3.05, 3.63) is 29.8 Å². The van der Waals surface area contributed by atoms with Crippen LogP contribution in [-0.4, -0.2) is 25.3 Å². The van der Waals surface area contributed by atoms with Gasteiger partial charge in [-0.05, 0) is 106 Å². The van der Waals surface area contributed by atoms with Crippen LogP contribution in [0.15, 0.2) is 34.3 Å². The van der Waals surface area contributed by atoms with Crippen molar-refractivity contribution in [2.24, 2.45) is 40.6 Å². The molecular weight excluding hydrogens is 396 g/mol. The molecule has 0 amide bonds. The van der Waals surface area contributed by atoms with Crippen molar-refractivity contribution < 1.29 is 13.5 Å². The number of fused-ring (bicyclic) bond motifs is 5. The highest BCUT2D eigenvalue weighted by molar-refractivity contribution is 7.89. The lowest BCUT2D eigenvalue weighted by atomic mass is 9.53. The quantitative estimate of drug-likeness (QED) is 0.704. The standard InChI is InChI=1S/C24H34N2O3S/c1-15-2-6-18(7-3-15)30(28,29)26-25-24-13-12-22-21-8-4-16-14-17(27)5-9-19(16)20(21)10-11-23(22)24/h2-3,6-7,16-17,19-23,26-27H,4-5,8-14H2,1H3/t16-,17+,19+,20-,21+,22-,23+/m1/s1. The van der Waals surface area contributed by atoms with E-state index >= 15 is 0 Å². The van der Waals surface area contributed by atoms with Gasteiger partial charge in [-0.2, -0.15) is 13.5 Å². The third kappa shape index (κ3) is 3.70. The molecule has 0 bridgehead atoms. The Labute approximate surface area is 180 Å². The summed E-state index contributed by atoms with van der Waals surface area (Å²) in [5.41, 5.74) is 2.10. The Bertz CT molecular complexity index is 911. The molecule has 0 aromatic heterocycles. The minimum Gasteiger partial charge on any atom is -0.393 e. The van der Waals surface area contributed by atoms with Gasteiger partial charge >= 0.3 is 0 Å². The molecule has 0 spiro atoms. The summed E-state index contributed by atoms with van der Waals surface area (Å²) in [5.74, 6) is 4.20. The van der Waals surface area contributed by atoms with E-state index in [2.05, 4.69) is 9.93 Å². The molecule has 6 heteroatoms. The number of benzene rings is 1. The first-order valence-corrected chi connectivity index (χ1v) is 13.2. The van der Waals surface area contributed by atoms with E-state index < -0.39 is 10.0 Å². The van der Waals surface area contributed by atoms with Crippen molar-refractivity contribution in [2.75, 3.05) is 0 Å². The fourth-order valence-corrected chi connectivity index (χ4v) is 8.13. The molecule has 4 fully saturated rings. The first-order valence-electron chi connectivity index (χ1n) is 11.8. The highest BCUT2D eigenvalue weighted by Gasteiger charge is 2.51. The van der Waals surface area contributed by atoms with Gasteiger partial charge in [-0.15, -0.1) is 0 Å². The molecule has 4 aliphatic rings. The second-order valence-corrected chi connectivity index (χ2v) is 11.9. The van der Waals surface area contributed by atoms with Crippen LogP contribution in [0.5, 0.6) is 0 Å². The first kappa shape index (κ1) is 20.5. The molecule has 7 atom stereocenters. The van der Waals surface area contributed by atoms with Gasteiger partial charge < -0.3 is 5.11 Å². The highest BCUT2D eigenvalue weighted by atomic mass is 32.2. The van der Waals surface area contributed by atoms with Gasteiger partial charge in [0.25, 0.3) is 10.0 Å². The van der Waals surface area contributed by atoms with Crippen molar-refractivity contribution in [1.29, 1.82) is 0 Å². The molecule has 0 saturated heterocycles. The Morgan fingerprint density at radius 1 is 0.900 bits per heavy atom. The number of hydrazone groups is 1. The Morgan fingerprint density at radius 3 is 2.40 bits per heavy atom. The van der Waals surface area contributed by atoms with Crippen molar-refractivity contribution in [3.63, 3.8) is 0 Å². The van der Waals surface area contributed by atoms with Crippen LogP contribution >= 0.6 is 0 Å². The molecule has 2 N–H and O–H groups in total. The van der Waals surface area contributed by atoms with Crippen molar-refractivity contribution >= 4 is 15.7 Å². The number of aliphatic hydroxyl groups is 1. The van der Waals surface area contributed by atoms with Gasteiger partial charge in [0.05, 0.1) is 11.0 Å². The molecule has 0 unspecified atom stereocenters. The average molecular weight is 431 g/mol. The summed E-state index contributed by atoms with van der Waals surface area (Å²) in [5, 5.41) is 14.5. The summed E-state index contributed by atoms with van der Waals surface area (Å²) in [7, 11) is -3.61. The Hall–Kier alpha value is -1.40. The van der Waals surface area contributed by atoms with Gasteiger partial charge in [-0.25, -0.2) is 4.83 Å². The summed E-state index contributed by atoms with van der Waals surface area (Å²) >= 11 is 0. The zero-order valence-corrected chi connectivity index (χ0v) is 18.7. The third-order valence-electron chi connectivity index (χ3n) is 8.66. The largest absolute Gasteiger partial charge is 0.393 e. The van der Waals surface area contributed by atoms with Crippen LogP contribution in [0.2, 0.25) is 0 Å². The van der Waals surface area contributed by atoms with Gasteiger partial charge in [0.1, 0.15) is 0 Å². The number of sulfonamides is 1. The monoisotopic (exact) mass is 430 g/mol. The van der Waals surface area contributed by atoms with Crippen LogP contribution in [0, 0.1) is 42.4 Å². The second kappa shape index (κ2) is 7.94. The lowest BCUT2D eigenvalue weighted by molar-refractivity contribution is -0.0411. The molecule has 5 rings (SSSR count). The van der Waals surface area contributed by atoms with Crippen molar-refractivity contribution in [3.8, 4) is 0 Å². The lowest BCUT2D eigenvalue weighted by Crippen LogP contribution is -2.45. The van der Waals surface area contributed by atoms with Gasteiger partial charge in [0.2, 0.25) is 0 Å². The van der Waals surface area contributed by atoms with Gasteiger partial charge in [0, 0.05) is 11.6 Å². The SMILES string of the molecule is Cc1ccc(S(=O)(=O)NN=C2CC[C@@H]3[C@H]4CC[C@@H]5C[C@@H](O)CC[C@@H]5[C@H]4CC[C@H]23)cc1. The summed E-state index contributed by atoms with van der Waals surface area (Å²) < 4.78 is 25.3. The summed E-state index contributed by atoms with van der Waals surface area (Å²) in [6, 6.07) is 6.91. The molecule has 5 nitrogen and oxygen atoms in total. The third-order valence-corrected chi connectivity index (χ3v) is 9.89. The van der Waals surface area contributed by atoms with E-state index in [0.29, 0.717) is 11.8 Å². The molecular formula is C24H34N2O3S. The van der Waals surface area contributed by atoms with Crippen molar-refractivity contribution in [2.45, 2.75) is 75.7 Å². The van der Waals surface area contributed by atoms with E-state index in [1.165, 1.54) is 25.7 Å². The molecule has 4 saturated carbocycles. The topological polar surface area (TPSA) is 78.8 Å². The minimum atomic E-state index is -3.61. The van der Waals surface area contributed by atoms with Crippen LogP contribution in [0.1, 0.15) is 63.4 Å². The van der Waals surface area contributed by atoms with Crippen LogP contribution < -0.4 is 4.83 Å². The van der Waals surface area contributed by atoms with Crippen LogP contribution in [0.4, 0.5) is 0 Å². The fourth-order valence-electron chi connectivity index (χ4n) is 7.30. The van der Waals surface area contributed by atoms with Gasteiger partial charge in [-0.3, -0.25) is 0 Å². The molecule has 4 aliphatic carbocycles. The maximum atomic E-state index is 12.6. The number of aryl methyl sites for hydroxylation is 1. The fraction of sp³-hybridized carbons (Fsp3) is 0.708. The van der Waals surface area contributed by atoms with E-state index in [9.17, 15) is 13.5 Å². The van der Waals surface area contributed by atoms with Crippen LogP contribution in [0.25, 0.3) is 0 Å². The first-order chi connectivity index (χ1) is 14.4. The van der Waals surface area contributed by atoms with E-state index in [-0.39, 0.29) is 11.0 Å². The van der Waals surface area contributed by atoms with Gasteiger partial charge in [-0.1, -0.05) is 17.7 Å². The Morgan fingerprint density at radius 2 is 1.60 bits per heavy atom. The number of nitrogens with one attached hydrogen (secondary N) is 1. The molecule has 30 heavy (non-hydrogen) atoms. The molecule has 1 aromatic rings. The zero-order valence-electron chi connectivity index (χ0n) is 17.8. The van der Waals surface area contributed by atoms with Crippen molar-refractivity contribution in [1.82, 2.24) is 4.83 Å². The van der Waals surface area contributed by atoms with E-state index in [1.807, 2.05) is 19.1 Å². The number of hydrogen-bond donors (Lipinski definition) is 2. The zero-order chi connectivity index (χ0) is 20.9. The maximum absolute atomic E-state index is 12.6. The van der Waals surface area contributed by atoms with E-state index in [0.717, 1.165) is 67.1 Å². The molecule has 0 aliphatic heterocycles. The predicted octanol–water partition coefficient (Wildman–Crippen LogP) is 4.25. The lowest BCUT2D eigenvalue weighted by Gasteiger charge is -2.52. The summed E-state index contributed by atoms with van der Waals surface area (Å²) in [6.07, 6.45) is 10.1. The number of hydrogen-bond acceptors (Lipinski definition) is 4. The number of aliphatic hydroxyl groups excluding tert-OH is 1. The Kier molecular flexibility index (Phi) is 5.42. The van der Waals surface area contributed by atoms with E-state index in [4.69, 9.17) is 0 Å². The summed E-state index contributed by atoms with van der Waals surface area (Å²) in [6.45, 7) is 1.95. The van der Waals surface area contributed by atoms with Crippen LogP contribution in [0.3, 0.4) is 0 Å². The minimum absolute atomic E-state index is 0.0779. The number of nitrogens with zero attached hydrogens (tertiary/aromatic N) is 1. The normalized spacial score (nSPS) is 39.8. The smallest absolute Gasteiger partial charge is 0.276 e. The van der Waals surface area contributed by atoms with Gasteiger partial charge in [0.15, 0.2) is 0 Å². The molecule has 0 heterocycles. The predicted molar refractivity (Wildman–Crippen MR) is 117 cm³/mol. The number of rotatable bonds is 3. The molecule has 0 radical (unpaired) electrons. The van der Waals surface area contributed by atoms with E-state index in [1.54, 1.807) is 12.1 Å². The molecule has 1 aromatic carbocycles. The Balaban J connectivity index is 1.28.